The number of nitrogens with zero attached hydrogens (tertiary/aromatic N) is 2. The highest BCUT2D eigenvalue weighted by atomic mass is 16.5. The zero-order valence-corrected chi connectivity index (χ0v) is 16.4. The van der Waals surface area contributed by atoms with E-state index in [2.05, 4.69) is 6.07 Å². The number of aliphatic hydroxyl groups excluding tert-OH is 1. The average Bonchev–Trinajstić information content (AvgIpc) is 2.73. The summed E-state index contributed by atoms with van der Waals surface area (Å²) < 4.78 is 0. The molecular weight excluding hydrogens is 352 g/mol. The molecule has 1 amide bonds. The first-order chi connectivity index (χ1) is 13.4. The average molecular weight is 378 g/mol. The van der Waals surface area contributed by atoms with E-state index in [1.54, 1.807) is 6.07 Å². The minimum absolute atomic E-state index is 0.0444. The molecule has 0 atom stereocenters. The molecule has 28 heavy (non-hydrogen) atoms. The SMILES string of the molecule is CCc1cc(C)c(C(O)O)cc1C(=O)N1CCC(c2ccc(C#N)cc2)CC1. The van der Waals surface area contributed by atoms with Gasteiger partial charge >= 0.3 is 0 Å². The Morgan fingerprint density at radius 2 is 1.86 bits per heavy atom. The van der Waals surface area contributed by atoms with Crippen LogP contribution in [0.4, 0.5) is 0 Å². The van der Waals surface area contributed by atoms with Crippen LogP contribution in [0, 0.1) is 18.3 Å². The van der Waals surface area contributed by atoms with Crippen LogP contribution in [-0.2, 0) is 6.42 Å². The van der Waals surface area contributed by atoms with E-state index < -0.39 is 6.29 Å². The Labute approximate surface area is 165 Å². The molecule has 0 unspecified atom stereocenters. The maximum Gasteiger partial charge on any atom is 0.254 e. The summed E-state index contributed by atoms with van der Waals surface area (Å²) in [5.74, 6) is 0.340. The Hall–Kier alpha value is -2.68. The van der Waals surface area contributed by atoms with Crippen LogP contribution in [0.3, 0.4) is 0 Å². The normalized spacial score (nSPS) is 14.9. The Kier molecular flexibility index (Phi) is 6.13. The zero-order chi connectivity index (χ0) is 20.3. The molecule has 3 rings (SSSR count). The lowest BCUT2D eigenvalue weighted by Gasteiger charge is -2.33. The van der Waals surface area contributed by atoms with Gasteiger partial charge in [0, 0.05) is 24.2 Å². The summed E-state index contributed by atoms with van der Waals surface area (Å²) in [6.07, 6.45) is 0.881. The molecule has 0 saturated carbocycles. The van der Waals surface area contributed by atoms with Gasteiger partial charge in [0.25, 0.3) is 5.91 Å². The molecule has 0 aromatic heterocycles. The quantitative estimate of drug-likeness (QED) is 0.798. The highest BCUT2D eigenvalue weighted by molar-refractivity contribution is 5.96. The highest BCUT2D eigenvalue weighted by Crippen LogP contribution is 2.30. The van der Waals surface area contributed by atoms with Gasteiger partial charge in [0.15, 0.2) is 6.29 Å². The molecule has 2 aromatic carbocycles. The molecule has 0 bridgehead atoms. The van der Waals surface area contributed by atoms with Crippen LogP contribution in [-0.4, -0.2) is 34.1 Å². The largest absolute Gasteiger partial charge is 0.364 e. The van der Waals surface area contributed by atoms with E-state index in [9.17, 15) is 15.0 Å². The predicted molar refractivity (Wildman–Crippen MR) is 107 cm³/mol. The van der Waals surface area contributed by atoms with Crippen molar-refractivity contribution in [3.05, 3.63) is 69.8 Å². The van der Waals surface area contributed by atoms with Crippen molar-refractivity contribution in [2.24, 2.45) is 0 Å². The van der Waals surface area contributed by atoms with E-state index in [0.29, 0.717) is 42.1 Å². The lowest BCUT2D eigenvalue weighted by molar-refractivity contribution is -0.0429. The summed E-state index contributed by atoms with van der Waals surface area (Å²) in [4.78, 5) is 15.0. The summed E-state index contributed by atoms with van der Waals surface area (Å²) in [5, 5.41) is 28.1. The number of amides is 1. The van der Waals surface area contributed by atoms with E-state index in [4.69, 9.17) is 5.26 Å². The van der Waals surface area contributed by atoms with Crippen molar-refractivity contribution in [1.82, 2.24) is 4.90 Å². The first-order valence-electron chi connectivity index (χ1n) is 9.73. The highest BCUT2D eigenvalue weighted by Gasteiger charge is 2.26. The monoisotopic (exact) mass is 378 g/mol. The third-order valence-electron chi connectivity index (χ3n) is 5.67. The number of aliphatic hydroxyl groups is 2. The van der Waals surface area contributed by atoms with Crippen molar-refractivity contribution >= 4 is 5.91 Å². The number of nitriles is 1. The molecule has 1 heterocycles. The minimum atomic E-state index is -1.58. The van der Waals surface area contributed by atoms with Crippen molar-refractivity contribution in [1.29, 1.82) is 5.26 Å². The summed E-state index contributed by atoms with van der Waals surface area (Å²) >= 11 is 0. The number of benzene rings is 2. The van der Waals surface area contributed by atoms with Gasteiger partial charge in [-0.3, -0.25) is 4.79 Å². The summed E-state index contributed by atoms with van der Waals surface area (Å²) in [6, 6.07) is 13.3. The summed E-state index contributed by atoms with van der Waals surface area (Å²) in [6.45, 7) is 5.15. The molecule has 2 aromatic rings. The van der Waals surface area contributed by atoms with E-state index in [0.717, 1.165) is 24.0 Å². The molecule has 1 aliphatic heterocycles. The topological polar surface area (TPSA) is 84.6 Å². The van der Waals surface area contributed by atoms with Gasteiger partial charge < -0.3 is 15.1 Å². The molecule has 5 heteroatoms. The molecule has 1 fully saturated rings. The van der Waals surface area contributed by atoms with Crippen molar-refractivity contribution in [2.75, 3.05) is 13.1 Å². The van der Waals surface area contributed by atoms with Crippen LogP contribution in [0.1, 0.15) is 70.1 Å². The maximum absolute atomic E-state index is 13.1. The van der Waals surface area contributed by atoms with Crippen molar-refractivity contribution in [3.8, 4) is 6.07 Å². The van der Waals surface area contributed by atoms with Crippen LogP contribution < -0.4 is 0 Å². The second kappa shape index (κ2) is 8.55. The van der Waals surface area contributed by atoms with Crippen LogP contribution in [0.5, 0.6) is 0 Å². The first kappa shape index (κ1) is 20.1. The van der Waals surface area contributed by atoms with Crippen molar-refractivity contribution < 1.29 is 15.0 Å². The van der Waals surface area contributed by atoms with E-state index >= 15 is 0 Å². The first-order valence-corrected chi connectivity index (χ1v) is 9.73. The molecular formula is C23H26N2O3. The Bertz CT molecular complexity index is 889. The van der Waals surface area contributed by atoms with Crippen LogP contribution in [0.2, 0.25) is 0 Å². The third-order valence-corrected chi connectivity index (χ3v) is 5.67. The number of likely N-dealkylation sites (tertiary alicyclic amines) is 1. The number of carbonyl (C=O) groups excluding carboxylic acids is 1. The minimum Gasteiger partial charge on any atom is -0.364 e. The van der Waals surface area contributed by atoms with Gasteiger partial charge in [0.2, 0.25) is 0 Å². The summed E-state index contributed by atoms with van der Waals surface area (Å²) in [7, 11) is 0. The number of piperidine rings is 1. The van der Waals surface area contributed by atoms with Crippen molar-refractivity contribution in [2.45, 2.75) is 45.3 Å². The lowest BCUT2D eigenvalue weighted by Crippen LogP contribution is -2.38. The summed E-state index contributed by atoms with van der Waals surface area (Å²) in [5.41, 5.74) is 4.52. The number of hydrogen-bond donors (Lipinski definition) is 2. The van der Waals surface area contributed by atoms with Gasteiger partial charge in [-0.15, -0.1) is 0 Å². The predicted octanol–water partition coefficient (Wildman–Crippen LogP) is 3.43. The smallest absolute Gasteiger partial charge is 0.254 e. The van der Waals surface area contributed by atoms with Crippen LogP contribution >= 0.6 is 0 Å². The fourth-order valence-corrected chi connectivity index (χ4v) is 3.97. The number of hydrogen-bond acceptors (Lipinski definition) is 4. The molecule has 1 aliphatic rings. The third kappa shape index (κ3) is 4.09. The second-order valence-electron chi connectivity index (χ2n) is 7.39. The van der Waals surface area contributed by atoms with Gasteiger partial charge in [-0.05, 0) is 67.0 Å². The molecule has 0 radical (unpaired) electrons. The molecule has 5 nitrogen and oxygen atoms in total. The molecule has 1 saturated heterocycles. The number of carbonyl (C=O) groups is 1. The Morgan fingerprint density at radius 1 is 1.21 bits per heavy atom. The fraction of sp³-hybridized carbons (Fsp3) is 0.391. The molecule has 2 N–H and O–H groups in total. The molecule has 146 valence electrons. The van der Waals surface area contributed by atoms with Gasteiger partial charge in [0.1, 0.15) is 0 Å². The van der Waals surface area contributed by atoms with E-state index in [1.165, 1.54) is 5.56 Å². The fourth-order valence-electron chi connectivity index (χ4n) is 3.97. The van der Waals surface area contributed by atoms with Crippen LogP contribution in [0.25, 0.3) is 0 Å². The van der Waals surface area contributed by atoms with Gasteiger partial charge in [0.05, 0.1) is 11.6 Å². The lowest BCUT2D eigenvalue weighted by atomic mass is 9.88. The molecule has 0 spiro atoms. The van der Waals surface area contributed by atoms with Gasteiger partial charge in [-0.25, -0.2) is 0 Å². The van der Waals surface area contributed by atoms with E-state index in [1.807, 2.05) is 49.1 Å². The Morgan fingerprint density at radius 3 is 2.39 bits per heavy atom. The van der Waals surface area contributed by atoms with Gasteiger partial charge in [-0.1, -0.05) is 25.1 Å². The second-order valence-corrected chi connectivity index (χ2v) is 7.39. The maximum atomic E-state index is 13.1. The zero-order valence-electron chi connectivity index (χ0n) is 16.4. The van der Waals surface area contributed by atoms with Crippen LogP contribution in [0.15, 0.2) is 36.4 Å². The van der Waals surface area contributed by atoms with Gasteiger partial charge in [-0.2, -0.15) is 5.26 Å². The Balaban J connectivity index is 1.74. The number of aryl methyl sites for hydroxylation is 2. The standard InChI is InChI=1S/C23H26N2O3/c1-3-17-12-15(2)20(23(27)28)13-21(17)22(26)25-10-8-19(9-11-25)18-6-4-16(14-24)5-7-18/h4-7,12-13,19,23,27-28H,3,8-11H2,1-2H3. The van der Waals surface area contributed by atoms with E-state index in [-0.39, 0.29) is 5.91 Å². The molecule has 0 aliphatic carbocycles. The van der Waals surface area contributed by atoms with Crippen molar-refractivity contribution in [3.63, 3.8) is 0 Å². The number of rotatable bonds is 4.